The van der Waals surface area contributed by atoms with Gasteiger partial charge in [-0.3, -0.25) is 4.79 Å². The molecule has 0 saturated carbocycles. The standard InChI is InChI=1S/C11H22O2/c1-3-4-5-6-7-8-9-10-11(12)13-2/h3-10H2,1-2H3/i1D3,3D2,4D2,5D2,6D2,7D2,8D2,9D2,10D2. The van der Waals surface area contributed by atoms with Crippen LogP contribution in [0.4, 0.5) is 0 Å². The van der Waals surface area contributed by atoms with Crippen molar-refractivity contribution in [2.45, 2.75) is 57.8 Å². The fourth-order valence-electron chi connectivity index (χ4n) is 0.290. The van der Waals surface area contributed by atoms with E-state index in [2.05, 4.69) is 4.74 Å². The molecule has 78 valence electrons. The monoisotopic (exact) mass is 205 g/mol. The van der Waals surface area contributed by atoms with Crippen LogP contribution in [0.15, 0.2) is 0 Å². The molecule has 2 heteroatoms. The Kier molecular flexibility index (Phi) is 1.30. The molecule has 0 rings (SSSR count). The molecule has 13 heavy (non-hydrogen) atoms. The van der Waals surface area contributed by atoms with Crippen LogP contribution in [0.3, 0.4) is 0 Å². The molecule has 0 aliphatic heterocycles. The Morgan fingerprint density at radius 1 is 1.23 bits per heavy atom. The first-order valence-electron chi connectivity index (χ1n) is 12.6. The van der Waals surface area contributed by atoms with E-state index in [-0.39, 0.29) is 0 Å². The maximum absolute atomic E-state index is 11.6. The number of rotatable bonds is 8. The molecular weight excluding hydrogens is 164 g/mol. The molecule has 0 heterocycles. The topological polar surface area (TPSA) is 26.3 Å². The van der Waals surface area contributed by atoms with Gasteiger partial charge in [-0.15, -0.1) is 0 Å². The van der Waals surface area contributed by atoms with Gasteiger partial charge < -0.3 is 4.74 Å². The molecule has 0 radical (unpaired) electrons. The van der Waals surface area contributed by atoms with E-state index in [1.165, 1.54) is 0 Å². The van der Waals surface area contributed by atoms with E-state index in [0.29, 0.717) is 7.11 Å². The second-order valence-corrected chi connectivity index (χ2v) is 1.49. The van der Waals surface area contributed by atoms with Crippen LogP contribution >= 0.6 is 0 Å². The lowest BCUT2D eigenvalue weighted by atomic mass is 10.1. The minimum atomic E-state index is -4.54. The smallest absolute Gasteiger partial charge is 0.305 e. The van der Waals surface area contributed by atoms with Crippen LogP contribution < -0.4 is 0 Å². The van der Waals surface area contributed by atoms with Gasteiger partial charge >= 0.3 is 5.97 Å². The summed E-state index contributed by atoms with van der Waals surface area (Å²) in [5.74, 6) is -2.01. The van der Waals surface area contributed by atoms with E-state index >= 15 is 0 Å². The molecule has 0 unspecified atom stereocenters. The zero-order valence-corrected chi connectivity index (χ0v) is 6.82. The van der Waals surface area contributed by atoms with Crippen molar-refractivity contribution < 1.29 is 35.6 Å². The third kappa shape index (κ3) is 9.38. The minimum Gasteiger partial charge on any atom is -0.469 e. The number of ether oxygens (including phenoxy) is 1. The van der Waals surface area contributed by atoms with E-state index in [1.54, 1.807) is 0 Å². The first-order chi connectivity index (χ1) is 13.5. The maximum Gasteiger partial charge on any atom is 0.305 e. The van der Waals surface area contributed by atoms with E-state index < -0.39 is 63.8 Å². The number of carbonyl (C=O) groups is 1. The number of carbonyl (C=O) groups excluding carboxylic acids is 1. The van der Waals surface area contributed by atoms with Crippen LogP contribution in [0.25, 0.3) is 0 Å². The van der Waals surface area contributed by atoms with Crippen molar-refractivity contribution in [2.24, 2.45) is 0 Å². The Morgan fingerprint density at radius 3 is 2.46 bits per heavy atom. The molecule has 0 spiro atoms. The van der Waals surface area contributed by atoms with Gasteiger partial charge in [-0.05, 0) is 6.37 Å². The van der Waals surface area contributed by atoms with E-state index in [0.717, 1.165) is 0 Å². The summed E-state index contributed by atoms with van der Waals surface area (Å²) < 4.78 is 149. The van der Waals surface area contributed by atoms with Crippen molar-refractivity contribution in [3.05, 3.63) is 0 Å². The van der Waals surface area contributed by atoms with Gasteiger partial charge in [0.05, 0.1) is 7.11 Å². The lowest BCUT2D eigenvalue weighted by Gasteiger charge is -2.00. The predicted molar refractivity (Wildman–Crippen MR) is 54.6 cm³/mol. The Labute approximate surface area is 108 Å². The molecule has 0 amide bonds. The summed E-state index contributed by atoms with van der Waals surface area (Å²) in [7, 11) is 0.601. The highest BCUT2D eigenvalue weighted by molar-refractivity contribution is 5.68. The quantitative estimate of drug-likeness (QED) is 0.568. The van der Waals surface area contributed by atoms with Crippen molar-refractivity contribution in [2.75, 3.05) is 7.11 Å². The molecule has 0 N–H and O–H groups in total. The molecule has 0 aliphatic rings. The molecule has 0 saturated heterocycles. The highest BCUT2D eigenvalue weighted by Gasteiger charge is 1.98. The average Bonchev–Trinajstić information content (AvgIpc) is 2.58. The minimum absolute atomic E-state index is 0.601. The average molecular weight is 205 g/mol. The summed E-state index contributed by atoms with van der Waals surface area (Å²) in [6.07, 6.45) is -34.7. The summed E-state index contributed by atoms with van der Waals surface area (Å²) in [5, 5.41) is 0. The zero-order chi connectivity index (χ0) is 26.8. The van der Waals surface area contributed by atoms with Gasteiger partial charge in [0.25, 0.3) is 0 Å². The molecule has 0 aromatic heterocycles. The van der Waals surface area contributed by atoms with Crippen molar-refractivity contribution in [1.82, 2.24) is 0 Å². The molecule has 0 bridgehead atoms. The predicted octanol–water partition coefficient (Wildman–Crippen LogP) is 3.30. The third-order valence-corrected chi connectivity index (χ3v) is 0.725. The summed E-state index contributed by atoms with van der Waals surface area (Å²) in [5.41, 5.74) is 0. The Balaban J connectivity index is 6.96. The molecule has 0 fully saturated rings. The Bertz CT molecular complexity index is 717. The van der Waals surface area contributed by atoms with Gasteiger partial charge in [0.15, 0.2) is 0 Å². The van der Waals surface area contributed by atoms with Crippen LogP contribution in [0.2, 0.25) is 0 Å². The maximum atomic E-state index is 11.6. The Hall–Kier alpha value is -0.530. The molecule has 2 nitrogen and oxygen atoms in total. The summed E-state index contributed by atoms with van der Waals surface area (Å²) in [4.78, 5) is 11.6. The number of hydrogen-bond acceptors (Lipinski definition) is 2. The highest BCUT2D eigenvalue weighted by atomic mass is 16.5. The van der Waals surface area contributed by atoms with Gasteiger partial charge in [-0.2, -0.15) is 0 Å². The van der Waals surface area contributed by atoms with Crippen molar-refractivity contribution >= 4 is 5.97 Å². The number of esters is 1. The highest BCUT2D eigenvalue weighted by Crippen LogP contribution is 2.08. The second kappa shape index (κ2) is 9.56. The number of hydrogen-bond donors (Lipinski definition) is 0. The lowest BCUT2D eigenvalue weighted by Crippen LogP contribution is -1.99. The summed E-state index contributed by atoms with van der Waals surface area (Å²) >= 11 is 0. The normalized spacial score (nSPS) is 41.5. The SMILES string of the molecule is [2H]C([2H])([2H])C([2H])([2H])C([2H])([2H])C([2H])([2H])C([2H])([2H])C([2H])([2H])C([2H])([2H])C([2H])([2H])C([2H])([2H])C(=O)OC. The largest absolute Gasteiger partial charge is 0.469 e. The van der Waals surface area contributed by atoms with Crippen molar-refractivity contribution in [3.63, 3.8) is 0 Å². The molecule has 0 atom stereocenters. The van der Waals surface area contributed by atoms with Gasteiger partial charge in [0.1, 0.15) is 0 Å². The van der Waals surface area contributed by atoms with E-state index in [9.17, 15) is 4.79 Å². The van der Waals surface area contributed by atoms with Crippen LogP contribution in [-0.2, 0) is 9.53 Å². The first kappa shape index (κ1) is 1.77. The molecule has 0 aromatic carbocycles. The fourth-order valence-corrected chi connectivity index (χ4v) is 0.290. The number of methoxy groups -OCH3 is 1. The fraction of sp³-hybridized carbons (Fsp3) is 0.909. The zero-order valence-electron chi connectivity index (χ0n) is 25.8. The van der Waals surface area contributed by atoms with Gasteiger partial charge in [-0.25, -0.2) is 0 Å². The van der Waals surface area contributed by atoms with Crippen molar-refractivity contribution in [3.8, 4) is 0 Å². The van der Waals surface area contributed by atoms with Crippen LogP contribution in [0.1, 0.15) is 83.9 Å². The van der Waals surface area contributed by atoms with Gasteiger partial charge in [0, 0.05) is 32.4 Å². The van der Waals surface area contributed by atoms with Crippen LogP contribution in [0, 0.1) is 0 Å². The third-order valence-electron chi connectivity index (χ3n) is 0.725. The molecule has 0 aliphatic carbocycles. The van der Waals surface area contributed by atoms with Gasteiger partial charge in [0.2, 0.25) is 0 Å². The van der Waals surface area contributed by atoms with Crippen molar-refractivity contribution in [1.29, 1.82) is 0 Å². The molecular formula is C11H22O2. The lowest BCUT2D eigenvalue weighted by molar-refractivity contribution is -0.140. The van der Waals surface area contributed by atoms with Crippen LogP contribution in [0.5, 0.6) is 0 Å². The Morgan fingerprint density at radius 2 is 1.85 bits per heavy atom. The van der Waals surface area contributed by atoms with E-state index in [4.69, 9.17) is 26.0 Å². The second-order valence-electron chi connectivity index (χ2n) is 1.49. The first-order valence-corrected chi connectivity index (χ1v) is 3.07. The van der Waals surface area contributed by atoms with E-state index in [1.807, 2.05) is 0 Å². The molecule has 0 aromatic rings. The summed E-state index contributed by atoms with van der Waals surface area (Å²) in [6, 6.07) is 0. The van der Waals surface area contributed by atoms with Gasteiger partial charge in [-0.1, -0.05) is 45.1 Å². The van der Waals surface area contributed by atoms with Crippen LogP contribution in [-0.4, -0.2) is 13.1 Å². The summed E-state index contributed by atoms with van der Waals surface area (Å²) in [6.45, 7) is -3.89.